The third kappa shape index (κ3) is 4.43. The van der Waals surface area contributed by atoms with E-state index in [0.717, 1.165) is 0 Å². The molecule has 0 heterocycles. The molecule has 0 amide bonds. The maximum absolute atomic E-state index is 11.3. The van der Waals surface area contributed by atoms with Crippen LogP contribution < -0.4 is 0 Å². The largest absolute Gasteiger partial charge is 0.239 e. The summed E-state index contributed by atoms with van der Waals surface area (Å²) in [5.41, 5.74) is 0. The minimum atomic E-state index is -4.68. The molecule has 0 fully saturated rings. The number of hydrogen-bond donors (Lipinski definition) is 0. The lowest BCUT2D eigenvalue weighted by Crippen LogP contribution is -2.53. The van der Waals surface area contributed by atoms with Crippen LogP contribution in [0.25, 0.3) is 0 Å². The van der Waals surface area contributed by atoms with Gasteiger partial charge in [0.15, 0.2) is 0 Å². The molecule has 0 aliphatic heterocycles. The van der Waals surface area contributed by atoms with Crippen molar-refractivity contribution in [2.75, 3.05) is 25.0 Å². The average molecular weight is 344 g/mol. The average Bonchev–Trinajstić information content (AvgIpc) is 1.89. The van der Waals surface area contributed by atoms with Crippen LogP contribution in [0.2, 0.25) is 0 Å². The zero-order chi connectivity index (χ0) is 15.2. The lowest BCUT2D eigenvalue weighted by molar-refractivity contribution is 0.362. The first-order chi connectivity index (χ1) is 7.49. The van der Waals surface area contributed by atoms with E-state index < -0.39 is 47.7 Å². The fraction of sp³-hybridized carbons (Fsp3) is 1.00. The maximum atomic E-state index is 11.3. The Morgan fingerprint density at radius 2 is 0.556 bits per heavy atom. The second-order valence-corrected chi connectivity index (χ2v) is 11.1. The van der Waals surface area contributed by atoms with Crippen molar-refractivity contribution in [1.82, 2.24) is 7.64 Å². The molecule has 110 valence electrons. The van der Waals surface area contributed by atoms with Gasteiger partial charge in [0.25, 0.3) is 0 Å². The van der Waals surface area contributed by atoms with Crippen molar-refractivity contribution in [3.05, 3.63) is 0 Å². The predicted octanol–water partition coefficient (Wildman–Crippen LogP) is -2.66. The van der Waals surface area contributed by atoms with E-state index in [0.29, 0.717) is 25.0 Å². The number of nitrogens with zero attached hydrogens (tertiary/aromatic N) is 2. The molecule has 0 aliphatic rings. The van der Waals surface area contributed by atoms with Crippen LogP contribution in [0.4, 0.5) is 0 Å². The van der Waals surface area contributed by atoms with Gasteiger partial charge in [-0.05, 0) is 0 Å². The van der Waals surface area contributed by atoms with Crippen LogP contribution >= 0.6 is 0 Å². The van der Waals surface area contributed by atoms with E-state index in [1.54, 1.807) is 0 Å². The van der Waals surface area contributed by atoms with Crippen molar-refractivity contribution in [2.24, 2.45) is 0 Å². The summed E-state index contributed by atoms with van der Waals surface area (Å²) in [5, 5.41) is 0. The Morgan fingerprint density at radius 3 is 0.611 bits per heavy atom. The molecule has 0 bridgehead atoms. The van der Waals surface area contributed by atoms with E-state index in [4.69, 9.17) is 0 Å². The third-order valence-electron chi connectivity index (χ3n) is 1.27. The summed E-state index contributed by atoms with van der Waals surface area (Å²) < 4.78 is 88.9. The van der Waals surface area contributed by atoms with Crippen molar-refractivity contribution >= 4 is 40.1 Å². The molecule has 0 aromatic heterocycles. The van der Waals surface area contributed by atoms with Gasteiger partial charge in [0.1, 0.15) is 0 Å². The quantitative estimate of drug-likeness (QED) is 0.492. The minimum absolute atomic E-state index is 0.359. The van der Waals surface area contributed by atoms with Crippen LogP contribution in [-0.2, 0) is 40.1 Å². The molecule has 0 unspecified atom stereocenters. The molecular weight excluding hydrogens is 332 g/mol. The highest BCUT2D eigenvalue weighted by molar-refractivity contribution is 8.08. The molecule has 0 rings (SSSR count). The Labute approximate surface area is 106 Å². The van der Waals surface area contributed by atoms with Crippen molar-refractivity contribution in [3.63, 3.8) is 0 Å². The lowest BCUT2D eigenvalue weighted by Gasteiger charge is -2.26. The molecule has 0 radical (unpaired) electrons. The zero-order valence-electron chi connectivity index (χ0n) is 9.79. The third-order valence-corrected chi connectivity index (χ3v) is 7.85. The molecule has 14 heteroatoms. The Morgan fingerprint density at radius 1 is 0.444 bits per heavy atom. The fourth-order valence-electron chi connectivity index (χ4n) is 0.976. The van der Waals surface area contributed by atoms with Crippen molar-refractivity contribution < 1.29 is 33.7 Å². The molecule has 0 aromatic carbocycles. The molecule has 0 saturated heterocycles. The number of hydrazine groups is 1. The molecule has 0 atom stereocenters. The molecule has 0 saturated carbocycles. The van der Waals surface area contributed by atoms with E-state index in [9.17, 15) is 33.7 Å². The van der Waals surface area contributed by atoms with E-state index in [2.05, 4.69) is 0 Å². The van der Waals surface area contributed by atoms with Crippen molar-refractivity contribution in [1.29, 1.82) is 0 Å². The van der Waals surface area contributed by atoms with Gasteiger partial charge in [0.05, 0.1) is 25.0 Å². The van der Waals surface area contributed by atoms with Crippen LogP contribution in [-0.4, -0.2) is 66.3 Å². The van der Waals surface area contributed by atoms with Gasteiger partial charge in [-0.15, -0.1) is 0 Å². The van der Waals surface area contributed by atoms with Gasteiger partial charge in [-0.3, -0.25) is 0 Å². The first-order valence-electron chi connectivity index (χ1n) is 3.90. The lowest BCUT2D eigenvalue weighted by atomic mass is 12.0. The summed E-state index contributed by atoms with van der Waals surface area (Å²) in [5.74, 6) is 0. The highest BCUT2D eigenvalue weighted by atomic mass is 32.3. The van der Waals surface area contributed by atoms with Crippen LogP contribution in [0.3, 0.4) is 0 Å². The first kappa shape index (κ1) is 17.7. The molecule has 0 aromatic rings. The van der Waals surface area contributed by atoms with Gasteiger partial charge in [-0.25, -0.2) is 33.7 Å². The minimum Gasteiger partial charge on any atom is -0.210 e. The van der Waals surface area contributed by atoms with Crippen LogP contribution in [0.15, 0.2) is 0 Å². The summed E-state index contributed by atoms with van der Waals surface area (Å²) in [6, 6.07) is 0. The predicted molar refractivity (Wildman–Crippen MR) is 63.1 cm³/mol. The standard InChI is InChI=1S/C4H12N2O8S4/c1-15(7,8)5(16(2,9)10)6(17(3,11)12)18(4,13)14/h1-4H3. The molecular formula is C4H12N2O8S4. The van der Waals surface area contributed by atoms with Gasteiger partial charge in [0, 0.05) is 7.64 Å². The van der Waals surface area contributed by atoms with E-state index >= 15 is 0 Å². The van der Waals surface area contributed by atoms with Gasteiger partial charge in [-0.1, -0.05) is 0 Å². The molecule has 18 heavy (non-hydrogen) atoms. The first-order valence-corrected chi connectivity index (χ1v) is 11.3. The number of hydrogen-bond acceptors (Lipinski definition) is 8. The molecule has 0 aliphatic carbocycles. The Hall–Kier alpha value is -0.280. The van der Waals surface area contributed by atoms with Gasteiger partial charge in [0.2, 0.25) is 40.1 Å². The molecule has 0 spiro atoms. The normalized spacial score (nSPS) is 15.2. The van der Waals surface area contributed by atoms with Crippen LogP contribution in [0.5, 0.6) is 0 Å². The second-order valence-electron chi connectivity index (χ2n) is 3.41. The Bertz CT molecular complexity index is 597. The second kappa shape index (κ2) is 4.68. The Balaban J connectivity index is 6.57. The Kier molecular flexibility index (Phi) is 4.61. The van der Waals surface area contributed by atoms with E-state index in [1.807, 2.05) is 0 Å². The van der Waals surface area contributed by atoms with Crippen LogP contribution in [0, 0.1) is 0 Å². The van der Waals surface area contributed by atoms with Crippen molar-refractivity contribution in [3.8, 4) is 0 Å². The van der Waals surface area contributed by atoms with Crippen LogP contribution in [0.1, 0.15) is 0 Å². The molecule has 10 nitrogen and oxygen atoms in total. The highest BCUT2D eigenvalue weighted by Crippen LogP contribution is 2.18. The summed E-state index contributed by atoms with van der Waals surface area (Å²) in [7, 11) is -18.7. The van der Waals surface area contributed by atoms with E-state index in [-0.39, 0.29) is 0 Å². The maximum Gasteiger partial charge on any atom is 0.239 e. The van der Waals surface area contributed by atoms with Crippen molar-refractivity contribution in [2.45, 2.75) is 0 Å². The fourth-order valence-corrected chi connectivity index (χ4v) is 8.79. The number of sulfonamides is 4. The SMILES string of the molecule is CS(=O)(=O)N(N(S(C)(=O)=O)S(C)(=O)=O)S(C)(=O)=O. The summed E-state index contributed by atoms with van der Waals surface area (Å²) in [6.45, 7) is 0. The van der Waals surface area contributed by atoms with E-state index in [1.165, 1.54) is 0 Å². The monoisotopic (exact) mass is 344 g/mol. The zero-order valence-corrected chi connectivity index (χ0v) is 13.1. The summed E-state index contributed by atoms with van der Waals surface area (Å²) in [6.07, 6.45) is 1.43. The highest BCUT2D eigenvalue weighted by Gasteiger charge is 2.44. The summed E-state index contributed by atoms with van der Waals surface area (Å²) >= 11 is 0. The number of rotatable bonds is 5. The molecule has 0 N–H and O–H groups in total. The van der Waals surface area contributed by atoms with Gasteiger partial charge in [-0.2, -0.15) is 0 Å². The van der Waals surface area contributed by atoms with Gasteiger partial charge < -0.3 is 0 Å². The summed E-state index contributed by atoms with van der Waals surface area (Å²) in [4.78, 5) is 0. The topological polar surface area (TPSA) is 143 Å². The van der Waals surface area contributed by atoms with Gasteiger partial charge >= 0.3 is 0 Å². The smallest absolute Gasteiger partial charge is 0.210 e.